The molecule has 2 heterocycles. The molecule has 0 bridgehead atoms. The summed E-state index contributed by atoms with van der Waals surface area (Å²) in [6.07, 6.45) is 1.67. The number of pyridine rings is 1. The van der Waals surface area contributed by atoms with E-state index in [0.29, 0.717) is 47.7 Å². The number of hydrogen-bond acceptors (Lipinski definition) is 4. The van der Waals surface area contributed by atoms with E-state index in [-0.39, 0.29) is 16.8 Å². The number of aromatic nitrogens is 1. The predicted molar refractivity (Wildman–Crippen MR) is 124 cm³/mol. The van der Waals surface area contributed by atoms with Crippen LogP contribution in [0.2, 0.25) is 0 Å². The lowest BCUT2D eigenvalue weighted by atomic mass is 10.0. The number of ketones is 1. The van der Waals surface area contributed by atoms with Crippen molar-refractivity contribution in [3.63, 3.8) is 0 Å². The lowest BCUT2D eigenvalue weighted by Gasteiger charge is -2.21. The van der Waals surface area contributed by atoms with Crippen molar-refractivity contribution in [3.05, 3.63) is 105 Å². The van der Waals surface area contributed by atoms with Crippen molar-refractivity contribution in [1.82, 2.24) is 4.57 Å². The molecule has 5 heteroatoms. The van der Waals surface area contributed by atoms with Gasteiger partial charge in [0.2, 0.25) is 5.43 Å². The standard InChI is InChI=1S/C27H23NO4/c1-17-6-8-20(9-7-17)26(29)22-16-28(15-19-5-3-4-18(2)12-19)23-14-25-24(31-10-11-32-25)13-21(23)27(22)30/h3-9,12-14,16H,10-11,15H2,1-2H3. The summed E-state index contributed by atoms with van der Waals surface area (Å²) in [6, 6.07) is 19.0. The fourth-order valence-electron chi connectivity index (χ4n) is 4.09. The van der Waals surface area contributed by atoms with Gasteiger partial charge in [-0.05, 0) is 25.5 Å². The number of ether oxygens (including phenoxy) is 2. The van der Waals surface area contributed by atoms with Crippen molar-refractivity contribution < 1.29 is 14.3 Å². The van der Waals surface area contributed by atoms with E-state index in [2.05, 4.69) is 6.07 Å². The van der Waals surface area contributed by atoms with E-state index in [1.54, 1.807) is 24.4 Å². The van der Waals surface area contributed by atoms with Crippen LogP contribution < -0.4 is 14.9 Å². The Morgan fingerprint density at radius 2 is 1.62 bits per heavy atom. The maximum atomic E-state index is 13.4. The molecule has 0 N–H and O–H groups in total. The summed E-state index contributed by atoms with van der Waals surface area (Å²) in [6.45, 7) is 5.42. The Kier molecular flexibility index (Phi) is 5.02. The second-order valence-electron chi connectivity index (χ2n) is 8.20. The van der Waals surface area contributed by atoms with E-state index in [1.807, 2.05) is 54.8 Å². The fourth-order valence-corrected chi connectivity index (χ4v) is 4.09. The minimum atomic E-state index is -0.303. The molecule has 0 unspecified atom stereocenters. The monoisotopic (exact) mass is 425 g/mol. The minimum Gasteiger partial charge on any atom is -0.486 e. The van der Waals surface area contributed by atoms with E-state index in [0.717, 1.165) is 16.7 Å². The lowest BCUT2D eigenvalue weighted by molar-refractivity contribution is 0.103. The van der Waals surface area contributed by atoms with Gasteiger partial charge >= 0.3 is 0 Å². The second-order valence-corrected chi connectivity index (χ2v) is 8.20. The summed E-state index contributed by atoms with van der Waals surface area (Å²) in [5.41, 5.74) is 4.33. The van der Waals surface area contributed by atoms with Gasteiger partial charge in [0.25, 0.3) is 0 Å². The maximum absolute atomic E-state index is 13.4. The third-order valence-electron chi connectivity index (χ3n) is 5.74. The van der Waals surface area contributed by atoms with Crippen molar-refractivity contribution >= 4 is 16.7 Å². The Hall–Kier alpha value is -3.86. The van der Waals surface area contributed by atoms with Crippen LogP contribution in [0, 0.1) is 13.8 Å². The molecule has 3 aromatic carbocycles. The number of benzene rings is 3. The fraction of sp³-hybridized carbons (Fsp3) is 0.185. The van der Waals surface area contributed by atoms with E-state index in [9.17, 15) is 9.59 Å². The van der Waals surface area contributed by atoms with Gasteiger partial charge in [0, 0.05) is 24.4 Å². The number of aryl methyl sites for hydroxylation is 2. The van der Waals surface area contributed by atoms with Crippen LogP contribution in [0.25, 0.3) is 10.9 Å². The zero-order chi connectivity index (χ0) is 22.2. The molecule has 1 aliphatic rings. The van der Waals surface area contributed by atoms with E-state index in [1.165, 1.54) is 0 Å². The van der Waals surface area contributed by atoms with Crippen LogP contribution in [0.15, 0.2) is 71.7 Å². The van der Waals surface area contributed by atoms with Gasteiger partial charge < -0.3 is 14.0 Å². The number of hydrogen-bond donors (Lipinski definition) is 0. The van der Waals surface area contributed by atoms with Gasteiger partial charge in [-0.3, -0.25) is 9.59 Å². The molecule has 1 aromatic heterocycles. The van der Waals surface area contributed by atoms with Crippen molar-refractivity contribution in [2.45, 2.75) is 20.4 Å². The number of carbonyl (C=O) groups is 1. The van der Waals surface area contributed by atoms with Crippen LogP contribution in [0.1, 0.15) is 32.6 Å². The van der Waals surface area contributed by atoms with Crippen molar-refractivity contribution in [3.8, 4) is 11.5 Å². The maximum Gasteiger partial charge on any atom is 0.200 e. The smallest absolute Gasteiger partial charge is 0.200 e. The summed E-state index contributed by atoms with van der Waals surface area (Å²) in [5, 5.41) is 0.444. The Morgan fingerprint density at radius 3 is 2.34 bits per heavy atom. The SMILES string of the molecule is Cc1ccc(C(=O)c2cn(Cc3cccc(C)c3)c3cc4c(cc3c2=O)OCCO4)cc1. The zero-order valence-electron chi connectivity index (χ0n) is 18.1. The molecule has 0 aliphatic carbocycles. The first-order valence-corrected chi connectivity index (χ1v) is 10.6. The van der Waals surface area contributed by atoms with E-state index < -0.39 is 0 Å². The second kappa shape index (κ2) is 8.00. The van der Waals surface area contributed by atoms with Gasteiger partial charge in [-0.25, -0.2) is 0 Å². The molecule has 1 aliphatic heterocycles. The molecule has 0 spiro atoms. The summed E-state index contributed by atoms with van der Waals surface area (Å²) in [5.74, 6) is 0.853. The number of rotatable bonds is 4. The average Bonchev–Trinajstić information content (AvgIpc) is 2.80. The molecule has 160 valence electrons. The zero-order valence-corrected chi connectivity index (χ0v) is 18.1. The quantitative estimate of drug-likeness (QED) is 0.446. The molecule has 5 nitrogen and oxygen atoms in total. The first-order valence-electron chi connectivity index (χ1n) is 10.6. The molecule has 0 fully saturated rings. The molecular weight excluding hydrogens is 402 g/mol. The molecule has 0 atom stereocenters. The van der Waals surface area contributed by atoms with Crippen LogP contribution >= 0.6 is 0 Å². The van der Waals surface area contributed by atoms with Crippen LogP contribution in [-0.4, -0.2) is 23.6 Å². The summed E-state index contributed by atoms with van der Waals surface area (Å²) in [4.78, 5) is 26.7. The Morgan fingerprint density at radius 1 is 0.906 bits per heavy atom. The Labute approximate surface area is 185 Å². The number of carbonyl (C=O) groups excluding carboxylic acids is 1. The number of nitrogens with zero attached hydrogens (tertiary/aromatic N) is 1. The molecule has 32 heavy (non-hydrogen) atoms. The lowest BCUT2D eigenvalue weighted by Crippen LogP contribution is -2.21. The first-order chi connectivity index (χ1) is 15.5. The molecule has 0 saturated carbocycles. The Balaban J connectivity index is 1.72. The third-order valence-corrected chi connectivity index (χ3v) is 5.74. The van der Waals surface area contributed by atoms with Gasteiger partial charge in [-0.1, -0.05) is 59.7 Å². The molecule has 5 rings (SSSR count). The predicted octanol–water partition coefficient (Wildman–Crippen LogP) is 4.67. The topological polar surface area (TPSA) is 57.5 Å². The van der Waals surface area contributed by atoms with Gasteiger partial charge in [-0.15, -0.1) is 0 Å². The van der Waals surface area contributed by atoms with Crippen LogP contribution in [0.3, 0.4) is 0 Å². The van der Waals surface area contributed by atoms with Gasteiger partial charge in [0.1, 0.15) is 13.2 Å². The molecule has 0 saturated heterocycles. The van der Waals surface area contributed by atoms with Gasteiger partial charge in [0.15, 0.2) is 17.3 Å². The Bertz CT molecular complexity index is 1400. The van der Waals surface area contributed by atoms with Gasteiger partial charge in [-0.2, -0.15) is 0 Å². The summed E-state index contributed by atoms with van der Waals surface area (Å²) < 4.78 is 13.4. The highest BCUT2D eigenvalue weighted by Gasteiger charge is 2.21. The van der Waals surface area contributed by atoms with Crippen LogP contribution in [-0.2, 0) is 6.54 Å². The molecule has 0 radical (unpaired) electrons. The number of fused-ring (bicyclic) bond motifs is 2. The summed E-state index contributed by atoms with van der Waals surface area (Å²) >= 11 is 0. The van der Waals surface area contributed by atoms with E-state index >= 15 is 0 Å². The highest BCUT2D eigenvalue weighted by molar-refractivity contribution is 6.10. The molecule has 4 aromatic rings. The minimum absolute atomic E-state index is 0.144. The van der Waals surface area contributed by atoms with Gasteiger partial charge in [0.05, 0.1) is 16.5 Å². The summed E-state index contributed by atoms with van der Waals surface area (Å²) in [7, 11) is 0. The molecule has 0 amide bonds. The molecular formula is C27H23NO4. The van der Waals surface area contributed by atoms with Crippen molar-refractivity contribution in [1.29, 1.82) is 0 Å². The highest BCUT2D eigenvalue weighted by atomic mass is 16.6. The van der Waals surface area contributed by atoms with Crippen LogP contribution in [0.4, 0.5) is 0 Å². The van der Waals surface area contributed by atoms with Crippen molar-refractivity contribution in [2.24, 2.45) is 0 Å². The van der Waals surface area contributed by atoms with E-state index in [4.69, 9.17) is 9.47 Å². The average molecular weight is 425 g/mol. The van der Waals surface area contributed by atoms with Crippen LogP contribution in [0.5, 0.6) is 11.5 Å². The van der Waals surface area contributed by atoms with Crippen molar-refractivity contribution in [2.75, 3.05) is 13.2 Å². The third kappa shape index (κ3) is 3.66. The largest absolute Gasteiger partial charge is 0.486 e. The highest BCUT2D eigenvalue weighted by Crippen LogP contribution is 2.34. The first kappa shape index (κ1) is 20.1. The normalized spacial score (nSPS) is 12.7.